The Hall–Kier alpha value is -2.34. The van der Waals surface area contributed by atoms with E-state index in [1.54, 1.807) is 37.7 Å². The fourth-order valence-electron chi connectivity index (χ4n) is 3.21. The Morgan fingerprint density at radius 3 is 2.59 bits per heavy atom. The van der Waals surface area contributed by atoms with E-state index in [0.29, 0.717) is 30.4 Å². The van der Waals surface area contributed by atoms with Crippen LogP contribution in [0.3, 0.4) is 0 Å². The number of carbonyl (C=O) groups is 1. The molecule has 3 aromatic rings. The summed E-state index contributed by atoms with van der Waals surface area (Å²) in [5.41, 5.74) is 1.44. The molecule has 0 saturated heterocycles. The van der Waals surface area contributed by atoms with Crippen molar-refractivity contribution < 1.29 is 22.7 Å². The molecule has 2 heterocycles. The number of hydrogen-bond acceptors (Lipinski definition) is 8. The van der Waals surface area contributed by atoms with Gasteiger partial charge in [-0.3, -0.25) is 4.79 Å². The number of benzene rings is 2. The molecule has 0 saturated carbocycles. The average Bonchev–Trinajstić information content (AvgIpc) is 3.19. The highest BCUT2D eigenvalue weighted by Crippen LogP contribution is 2.33. The van der Waals surface area contributed by atoms with Crippen LogP contribution in [-0.2, 0) is 14.8 Å². The van der Waals surface area contributed by atoms with Crippen LogP contribution >= 0.6 is 23.1 Å². The summed E-state index contributed by atoms with van der Waals surface area (Å²) in [6, 6.07) is 8.88. The average molecular weight is 494 g/mol. The highest BCUT2D eigenvalue weighted by molar-refractivity contribution is 8.00. The molecule has 0 fully saturated rings. The van der Waals surface area contributed by atoms with Crippen molar-refractivity contribution in [3.05, 3.63) is 36.4 Å². The van der Waals surface area contributed by atoms with Crippen molar-refractivity contribution in [2.75, 3.05) is 24.8 Å². The molecule has 8 nitrogen and oxygen atoms in total. The second kappa shape index (κ2) is 9.26. The molecule has 170 valence electrons. The number of anilines is 1. The van der Waals surface area contributed by atoms with Crippen LogP contribution in [-0.4, -0.2) is 44.8 Å². The minimum atomic E-state index is -3.97. The number of nitrogens with one attached hydrogen (secondary N) is 2. The van der Waals surface area contributed by atoms with Crippen LogP contribution < -0.4 is 19.5 Å². The van der Waals surface area contributed by atoms with Crippen molar-refractivity contribution >= 4 is 54.9 Å². The van der Waals surface area contributed by atoms with Gasteiger partial charge in [0.2, 0.25) is 15.9 Å². The second-order valence-corrected chi connectivity index (χ2v) is 11.3. The lowest BCUT2D eigenvalue weighted by Crippen LogP contribution is -2.47. The molecule has 1 atom stereocenters. The zero-order valence-electron chi connectivity index (χ0n) is 17.7. The van der Waals surface area contributed by atoms with E-state index in [9.17, 15) is 13.2 Å². The summed E-state index contributed by atoms with van der Waals surface area (Å²) in [6.07, 6.45) is 1.96. The number of thiazole rings is 1. The van der Waals surface area contributed by atoms with Crippen molar-refractivity contribution in [3.63, 3.8) is 0 Å². The van der Waals surface area contributed by atoms with E-state index in [0.717, 1.165) is 14.6 Å². The molecule has 32 heavy (non-hydrogen) atoms. The Bertz CT molecular complexity index is 1260. The number of carbonyl (C=O) groups excluding carboxylic acids is 1. The van der Waals surface area contributed by atoms with Gasteiger partial charge in [0.05, 0.1) is 15.1 Å². The molecular weight excluding hydrogens is 470 g/mol. The van der Waals surface area contributed by atoms with Crippen molar-refractivity contribution in [2.45, 2.75) is 29.1 Å². The lowest BCUT2D eigenvalue weighted by atomic mass is 10.0. The van der Waals surface area contributed by atoms with Crippen LogP contribution in [0, 0.1) is 5.92 Å². The summed E-state index contributed by atoms with van der Waals surface area (Å²) in [6.45, 7) is 4.34. The van der Waals surface area contributed by atoms with Gasteiger partial charge in [0, 0.05) is 11.8 Å². The fourth-order valence-corrected chi connectivity index (χ4v) is 6.09. The van der Waals surface area contributed by atoms with Crippen molar-refractivity contribution in [1.82, 2.24) is 9.71 Å². The Labute approximate surface area is 194 Å². The van der Waals surface area contributed by atoms with Crippen LogP contribution in [0.25, 0.3) is 10.2 Å². The summed E-state index contributed by atoms with van der Waals surface area (Å²) in [5, 5.41) is 2.83. The van der Waals surface area contributed by atoms with E-state index in [4.69, 9.17) is 9.47 Å². The Balaban J connectivity index is 1.53. The van der Waals surface area contributed by atoms with E-state index >= 15 is 0 Å². The number of thioether (sulfide) groups is 1. The predicted molar refractivity (Wildman–Crippen MR) is 126 cm³/mol. The number of rotatable bonds is 7. The third-order valence-electron chi connectivity index (χ3n) is 4.87. The van der Waals surface area contributed by atoms with Gasteiger partial charge >= 0.3 is 0 Å². The van der Waals surface area contributed by atoms with E-state index in [-0.39, 0.29) is 10.8 Å². The molecule has 0 unspecified atom stereocenters. The van der Waals surface area contributed by atoms with Crippen LogP contribution in [0.4, 0.5) is 5.69 Å². The zero-order chi connectivity index (χ0) is 22.9. The highest BCUT2D eigenvalue weighted by Gasteiger charge is 2.29. The second-order valence-electron chi connectivity index (χ2n) is 7.50. The molecule has 1 aliphatic heterocycles. The molecule has 1 aliphatic rings. The summed E-state index contributed by atoms with van der Waals surface area (Å²) in [5.74, 6) is 0.149. The van der Waals surface area contributed by atoms with Crippen molar-refractivity contribution in [2.24, 2.45) is 5.92 Å². The largest absolute Gasteiger partial charge is 0.486 e. The topological polar surface area (TPSA) is 107 Å². The molecular formula is C21H23N3O5S3. The lowest BCUT2D eigenvalue weighted by Gasteiger charge is -2.23. The van der Waals surface area contributed by atoms with Gasteiger partial charge in [0.15, 0.2) is 15.8 Å². The first-order valence-electron chi connectivity index (χ1n) is 9.94. The summed E-state index contributed by atoms with van der Waals surface area (Å²) in [7, 11) is -3.97. The Kier molecular flexibility index (Phi) is 6.61. The van der Waals surface area contributed by atoms with Gasteiger partial charge in [0.25, 0.3) is 0 Å². The fraction of sp³-hybridized carbons (Fsp3) is 0.333. The molecule has 1 aromatic heterocycles. The molecule has 1 amide bonds. The predicted octanol–water partition coefficient (Wildman–Crippen LogP) is 3.73. The van der Waals surface area contributed by atoms with Crippen LogP contribution in [0.15, 0.2) is 45.6 Å². The minimum Gasteiger partial charge on any atom is -0.486 e. The number of amides is 1. The number of sulfonamides is 1. The summed E-state index contributed by atoms with van der Waals surface area (Å²) < 4.78 is 41.4. The zero-order valence-corrected chi connectivity index (χ0v) is 20.2. The van der Waals surface area contributed by atoms with E-state index < -0.39 is 22.0 Å². The summed E-state index contributed by atoms with van der Waals surface area (Å²) >= 11 is 3.10. The highest BCUT2D eigenvalue weighted by atomic mass is 32.2. The Morgan fingerprint density at radius 2 is 1.88 bits per heavy atom. The standard InChI is InChI=1S/C21H23N3O5S3/c1-12(2)19(20(25)22-13-4-6-15-18(10-13)31-21(23-15)30-3)24-32(26,27)14-5-7-16-17(11-14)29-9-8-28-16/h4-7,10-12,19,24H,8-9H2,1-3H3,(H,22,25)/t19-/m1/s1. The number of aromatic nitrogens is 1. The van der Waals surface area contributed by atoms with Crippen molar-refractivity contribution in [3.8, 4) is 11.5 Å². The maximum Gasteiger partial charge on any atom is 0.242 e. The first-order chi connectivity index (χ1) is 15.3. The number of fused-ring (bicyclic) bond motifs is 2. The van der Waals surface area contributed by atoms with Gasteiger partial charge in [-0.05, 0) is 42.5 Å². The third kappa shape index (κ3) is 4.85. The molecule has 11 heteroatoms. The lowest BCUT2D eigenvalue weighted by molar-refractivity contribution is -0.118. The van der Waals surface area contributed by atoms with Gasteiger partial charge in [-0.15, -0.1) is 11.3 Å². The minimum absolute atomic E-state index is 0.0101. The van der Waals surface area contributed by atoms with Gasteiger partial charge in [-0.25, -0.2) is 13.4 Å². The first-order valence-corrected chi connectivity index (χ1v) is 13.5. The molecule has 0 radical (unpaired) electrons. The summed E-state index contributed by atoms with van der Waals surface area (Å²) in [4.78, 5) is 17.5. The molecule has 0 aliphatic carbocycles. The molecule has 0 spiro atoms. The first kappa shape index (κ1) is 22.8. The van der Waals surface area contributed by atoms with Crippen LogP contribution in [0.2, 0.25) is 0 Å². The molecule has 2 N–H and O–H groups in total. The molecule has 0 bridgehead atoms. The Morgan fingerprint density at radius 1 is 1.12 bits per heavy atom. The van der Waals surface area contributed by atoms with E-state index in [1.807, 2.05) is 18.4 Å². The number of hydrogen-bond donors (Lipinski definition) is 2. The van der Waals surface area contributed by atoms with Crippen LogP contribution in [0.5, 0.6) is 11.5 Å². The quantitative estimate of drug-likeness (QED) is 0.483. The van der Waals surface area contributed by atoms with Gasteiger partial charge in [-0.2, -0.15) is 4.72 Å². The number of nitrogens with zero attached hydrogens (tertiary/aromatic N) is 1. The number of ether oxygens (including phenoxy) is 2. The van der Waals surface area contributed by atoms with Gasteiger partial charge < -0.3 is 14.8 Å². The normalized spacial score (nSPS) is 14.5. The smallest absolute Gasteiger partial charge is 0.242 e. The van der Waals surface area contributed by atoms with Gasteiger partial charge in [0.1, 0.15) is 19.3 Å². The van der Waals surface area contributed by atoms with Crippen molar-refractivity contribution in [1.29, 1.82) is 0 Å². The van der Waals surface area contributed by atoms with E-state index in [2.05, 4.69) is 15.0 Å². The maximum absolute atomic E-state index is 13.0. The monoisotopic (exact) mass is 493 g/mol. The van der Waals surface area contributed by atoms with Crippen LogP contribution in [0.1, 0.15) is 13.8 Å². The maximum atomic E-state index is 13.0. The van der Waals surface area contributed by atoms with E-state index in [1.165, 1.54) is 23.5 Å². The molecule has 2 aromatic carbocycles. The third-order valence-corrected chi connectivity index (χ3v) is 8.31. The van der Waals surface area contributed by atoms with Gasteiger partial charge in [-0.1, -0.05) is 25.6 Å². The SMILES string of the molecule is CSc1nc2ccc(NC(=O)[C@H](NS(=O)(=O)c3ccc4c(c3)OCCO4)C(C)C)cc2s1. The molecule has 4 rings (SSSR count).